The SMILES string of the molecule is COc1cccc(Cc2nsc(N3CCN(C(=O)c4cc(OC)cc(OC)c4)CC3)n2)c1. The third kappa shape index (κ3) is 4.94. The number of ether oxygens (including phenoxy) is 3. The van der Waals surface area contributed by atoms with E-state index in [1.807, 2.05) is 29.2 Å². The van der Waals surface area contributed by atoms with Gasteiger partial charge in [-0.05, 0) is 29.8 Å². The van der Waals surface area contributed by atoms with Gasteiger partial charge in [-0.3, -0.25) is 4.79 Å². The molecular weight excluding hydrogens is 428 g/mol. The lowest BCUT2D eigenvalue weighted by atomic mass is 10.1. The summed E-state index contributed by atoms with van der Waals surface area (Å²) in [7, 11) is 4.81. The van der Waals surface area contributed by atoms with Crippen LogP contribution in [0.25, 0.3) is 0 Å². The molecule has 0 saturated carbocycles. The Bertz CT molecular complexity index is 1060. The lowest BCUT2D eigenvalue weighted by molar-refractivity contribution is 0.0746. The van der Waals surface area contributed by atoms with Gasteiger partial charge >= 0.3 is 0 Å². The number of aromatic nitrogens is 2. The summed E-state index contributed by atoms with van der Waals surface area (Å²) >= 11 is 1.40. The number of carbonyl (C=O) groups excluding carboxylic acids is 1. The van der Waals surface area contributed by atoms with Gasteiger partial charge in [0.05, 0.1) is 21.3 Å². The van der Waals surface area contributed by atoms with E-state index >= 15 is 0 Å². The van der Waals surface area contributed by atoms with Gasteiger partial charge < -0.3 is 24.0 Å². The van der Waals surface area contributed by atoms with Gasteiger partial charge in [-0.1, -0.05) is 12.1 Å². The fourth-order valence-electron chi connectivity index (χ4n) is 3.62. The topological polar surface area (TPSA) is 77.0 Å². The minimum atomic E-state index is -0.0298. The zero-order valence-electron chi connectivity index (χ0n) is 18.4. The summed E-state index contributed by atoms with van der Waals surface area (Å²) < 4.78 is 20.4. The van der Waals surface area contributed by atoms with Crippen molar-refractivity contribution in [3.05, 3.63) is 59.4 Å². The highest BCUT2D eigenvalue weighted by Crippen LogP contribution is 2.25. The Kier molecular flexibility index (Phi) is 6.75. The Morgan fingerprint density at radius 2 is 1.62 bits per heavy atom. The largest absolute Gasteiger partial charge is 0.497 e. The maximum absolute atomic E-state index is 13.0. The van der Waals surface area contributed by atoms with Crippen LogP contribution < -0.4 is 19.1 Å². The van der Waals surface area contributed by atoms with Crippen LogP contribution in [0.5, 0.6) is 17.2 Å². The minimum Gasteiger partial charge on any atom is -0.497 e. The summed E-state index contributed by atoms with van der Waals surface area (Å²) in [6.07, 6.45) is 0.657. The van der Waals surface area contributed by atoms with Crippen LogP contribution >= 0.6 is 11.5 Å². The van der Waals surface area contributed by atoms with E-state index in [0.29, 0.717) is 49.7 Å². The van der Waals surface area contributed by atoms with E-state index < -0.39 is 0 Å². The molecule has 0 unspecified atom stereocenters. The third-order valence-corrected chi connectivity index (χ3v) is 6.20. The van der Waals surface area contributed by atoms with Crippen LogP contribution in [-0.2, 0) is 6.42 Å². The maximum Gasteiger partial charge on any atom is 0.254 e. The average Bonchev–Trinajstić information content (AvgIpc) is 3.31. The van der Waals surface area contributed by atoms with Gasteiger partial charge in [0.2, 0.25) is 5.13 Å². The van der Waals surface area contributed by atoms with E-state index in [1.54, 1.807) is 39.5 Å². The number of hydrogen-bond acceptors (Lipinski definition) is 8. The molecule has 1 aliphatic heterocycles. The number of anilines is 1. The van der Waals surface area contributed by atoms with Crippen molar-refractivity contribution < 1.29 is 19.0 Å². The van der Waals surface area contributed by atoms with Gasteiger partial charge in [-0.15, -0.1) is 0 Å². The monoisotopic (exact) mass is 454 g/mol. The Hall–Kier alpha value is -3.33. The van der Waals surface area contributed by atoms with Crippen LogP contribution in [0.15, 0.2) is 42.5 Å². The lowest BCUT2D eigenvalue weighted by Crippen LogP contribution is -2.48. The standard InChI is InChI=1S/C23H26N4O4S/c1-29-18-6-4-5-16(11-18)12-21-24-23(32-25-21)27-9-7-26(8-10-27)22(28)17-13-19(30-2)15-20(14-17)31-3/h4-6,11,13-15H,7-10,12H2,1-3H3. The van der Waals surface area contributed by atoms with Crippen LogP contribution in [0, 0.1) is 0 Å². The second-order valence-corrected chi connectivity index (χ2v) is 8.13. The number of piperazine rings is 1. The maximum atomic E-state index is 13.0. The molecule has 9 heteroatoms. The minimum absolute atomic E-state index is 0.0298. The highest BCUT2D eigenvalue weighted by molar-refractivity contribution is 7.09. The predicted octanol–water partition coefficient (Wildman–Crippen LogP) is 3.12. The quantitative estimate of drug-likeness (QED) is 0.543. The van der Waals surface area contributed by atoms with E-state index in [0.717, 1.165) is 22.3 Å². The molecule has 168 valence electrons. The zero-order chi connectivity index (χ0) is 22.5. The molecule has 0 bridgehead atoms. The van der Waals surface area contributed by atoms with E-state index in [2.05, 4.69) is 9.27 Å². The Labute approximate surface area is 191 Å². The molecular formula is C23H26N4O4S. The van der Waals surface area contributed by atoms with Crippen LogP contribution in [0.1, 0.15) is 21.7 Å². The first-order chi connectivity index (χ1) is 15.6. The normalized spacial score (nSPS) is 13.7. The zero-order valence-corrected chi connectivity index (χ0v) is 19.2. The molecule has 0 radical (unpaired) electrons. The number of nitrogens with zero attached hydrogens (tertiary/aromatic N) is 4. The lowest BCUT2D eigenvalue weighted by Gasteiger charge is -2.34. The van der Waals surface area contributed by atoms with Crippen molar-refractivity contribution in [1.82, 2.24) is 14.3 Å². The molecule has 3 aromatic rings. The van der Waals surface area contributed by atoms with E-state index in [1.165, 1.54) is 11.5 Å². The van der Waals surface area contributed by atoms with Crippen LogP contribution in [0.3, 0.4) is 0 Å². The smallest absolute Gasteiger partial charge is 0.254 e. The fraction of sp³-hybridized carbons (Fsp3) is 0.348. The van der Waals surface area contributed by atoms with Gasteiger partial charge in [0.1, 0.15) is 23.1 Å². The molecule has 8 nitrogen and oxygen atoms in total. The molecule has 2 heterocycles. The summed E-state index contributed by atoms with van der Waals surface area (Å²) in [6.45, 7) is 2.65. The number of benzene rings is 2. The second-order valence-electron chi connectivity index (χ2n) is 7.40. The Morgan fingerprint density at radius 3 is 2.28 bits per heavy atom. The van der Waals surface area contributed by atoms with Gasteiger partial charge in [0, 0.05) is 55.8 Å². The predicted molar refractivity (Wildman–Crippen MR) is 123 cm³/mol. The Balaban J connectivity index is 1.37. The van der Waals surface area contributed by atoms with Crippen molar-refractivity contribution in [2.24, 2.45) is 0 Å². The molecule has 0 aliphatic carbocycles. The second kappa shape index (κ2) is 9.86. The van der Waals surface area contributed by atoms with Crippen molar-refractivity contribution >= 4 is 22.6 Å². The van der Waals surface area contributed by atoms with E-state index in [9.17, 15) is 4.79 Å². The summed E-state index contributed by atoms with van der Waals surface area (Å²) in [5, 5.41) is 0.887. The first-order valence-corrected chi connectivity index (χ1v) is 11.1. The van der Waals surface area contributed by atoms with Crippen molar-refractivity contribution in [2.75, 3.05) is 52.4 Å². The van der Waals surface area contributed by atoms with Gasteiger partial charge in [-0.2, -0.15) is 4.37 Å². The van der Waals surface area contributed by atoms with Crippen LogP contribution in [0.2, 0.25) is 0 Å². The fourth-order valence-corrected chi connectivity index (χ4v) is 4.36. The number of hydrogen-bond donors (Lipinski definition) is 0. The molecule has 0 spiro atoms. The molecule has 4 rings (SSSR count). The number of methoxy groups -OCH3 is 3. The number of rotatable bonds is 7. The Morgan fingerprint density at radius 1 is 0.938 bits per heavy atom. The summed E-state index contributed by atoms with van der Waals surface area (Å²) in [5.41, 5.74) is 1.67. The summed E-state index contributed by atoms with van der Waals surface area (Å²) in [5.74, 6) is 2.79. The first kappa shape index (κ1) is 21.9. The number of carbonyl (C=O) groups is 1. The van der Waals surface area contributed by atoms with Gasteiger partial charge in [0.25, 0.3) is 5.91 Å². The third-order valence-electron chi connectivity index (χ3n) is 5.39. The van der Waals surface area contributed by atoms with E-state index in [4.69, 9.17) is 19.2 Å². The van der Waals surface area contributed by atoms with Crippen LogP contribution in [-0.4, -0.2) is 67.7 Å². The number of amides is 1. The first-order valence-electron chi connectivity index (χ1n) is 10.3. The highest BCUT2D eigenvalue weighted by Gasteiger charge is 2.25. The van der Waals surface area contributed by atoms with E-state index in [-0.39, 0.29) is 5.91 Å². The van der Waals surface area contributed by atoms with Crippen LogP contribution in [0.4, 0.5) is 5.13 Å². The van der Waals surface area contributed by atoms with Gasteiger partial charge in [-0.25, -0.2) is 4.98 Å². The molecule has 1 aromatic heterocycles. The van der Waals surface area contributed by atoms with Crippen molar-refractivity contribution in [2.45, 2.75) is 6.42 Å². The van der Waals surface area contributed by atoms with Crippen molar-refractivity contribution in [3.63, 3.8) is 0 Å². The molecule has 0 atom stereocenters. The molecule has 32 heavy (non-hydrogen) atoms. The molecule has 0 N–H and O–H groups in total. The molecule has 1 saturated heterocycles. The molecule has 1 fully saturated rings. The molecule has 2 aromatic carbocycles. The van der Waals surface area contributed by atoms with Gasteiger partial charge in [0.15, 0.2) is 0 Å². The molecule has 1 amide bonds. The highest BCUT2D eigenvalue weighted by atomic mass is 32.1. The average molecular weight is 455 g/mol. The molecule has 1 aliphatic rings. The summed E-state index contributed by atoms with van der Waals surface area (Å²) in [6, 6.07) is 13.2. The summed E-state index contributed by atoms with van der Waals surface area (Å²) in [4.78, 5) is 21.7. The van der Waals surface area contributed by atoms with Crippen molar-refractivity contribution in [1.29, 1.82) is 0 Å². The van der Waals surface area contributed by atoms with Crippen molar-refractivity contribution in [3.8, 4) is 17.2 Å².